The number of anilines is 1. The molecule has 1 aliphatic rings. The summed E-state index contributed by atoms with van der Waals surface area (Å²) in [4.78, 5) is 12.1. The highest BCUT2D eigenvalue weighted by atomic mass is 19.1. The van der Waals surface area contributed by atoms with Crippen LogP contribution in [-0.4, -0.2) is 11.9 Å². The fourth-order valence-electron chi connectivity index (χ4n) is 2.82. The lowest BCUT2D eigenvalue weighted by molar-refractivity contribution is 0.0903. The molecule has 0 aromatic heterocycles. The van der Waals surface area contributed by atoms with Gasteiger partial charge in [-0.15, -0.1) is 0 Å². The molecule has 104 valence electrons. The SMILES string of the molecule is CC1(C)CCCC(NC(=O)c2ccc(F)cc2N)C1. The number of halogens is 1. The maximum absolute atomic E-state index is 13.0. The van der Waals surface area contributed by atoms with E-state index in [0.29, 0.717) is 5.56 Å². The van der Waals surface area contributed by atoms with E-state index < -0.39 is 5.82 Å². The second-order valence-electron chi connectivity index (χ2n) is 6.16. The molecule has 1 aromatic rings. The van der Waals surface area contributed by atoms with Crippen LogP contribution in [0.15, 0.2) is 18.2 Å². The number of amides is 1. The summed E-state index contributed by atoms with van der Waals surface area (Å²) in [6, 6.07) is 4.06. The van der Waals surface area contributed by atoms with Gasteiger partial charge in [0.1, 0.15) is 5.82 Å². The normalized spacial score (nSPS) is 21.9. The molecule has 1 aliphatic carbocycles. The number of nitrogens with one attached hydrogen (secondary N) is 1. The first-order chi connectivity index (χ1) is 8.87. The molecular formula is C15H21FN2O. The van der Waals surface area contributed by atoms with Crippen LogP contribution in [0.5, 0.6) is 0 Å². The zero-order valence-corrected chi connectivity index (χ0v) is 11.5. The number of hydrogen-bond acceptors (Lipinski definition) is 2. The molecule has 3 nitrogen and oxygen atoms in total. The predicted molar refractivity (Wildman–Crippen MR) is 74.3 cm³/mol. The van der Waals surface area contributed by atoms with Gasteiger partial charge in [0.05, 0.1) is 5.56 Å². The average molecular weight is 264 g/mol. The van der Waals surface area contributed by atoms with Crippen molar-refractivity contribution in [1.82, 2.24) is 5.32 Å². The Morgan fingerprint density at radius 2 is 2.21 bits per heavy atom. The highest BCUT2D eigenvalue weighted by Gasteiger charge is 2.29. The van der Waals surface area contributed by atoms with Gasteiger partial charge in [-0.2, -0.15) is 0 Å². The maximum atomic E-state index is 13.0. The molecular weight excluding hydrogens is 243 g/mol. The molecule has 0 heterocycles. The van der Waals surface area contributed by atoms with Crippen molar-refractivity contribution in [1.29, 1.82) is 0 Å². The smallest absolute Gasteiger partial charge is 0.253 e. The Morgan fingerprint density at radius 1 is 1.47 bits per heavy atom. The fourth-order valence-corrected chi connectivity index (χ4v) is 2.82. The van der Waals surface area contributed by atoms with Crippen molar-refractivity contribution in [2.24, 2.45) is 5.41 Å². The number of nitrogens with two attached hydrogens (primary N) is 1. The second-order valence-corrected chi connectivity index (χ2v) is 6.16. The zero-order chi connectivity index (χ0) is 14.0. The lowest BCUT2D eigenvalue weighted by atomic mass is 9.75. The average Bonchev–Trinajstić information content (AvgIpc) is 2.27. The van der Waals surface area contributed by atoms with Crippen LogP contribution in [0.25, 0.3) is 0 Å². The molecule has 19 heavy (non-hydrogen) atoms. The molecule has 1 aromatic carbocycles. The third-order valence-corrected chi connectivity index (χ3v) is 3.80. The molecule has 0 radical (unpaired) electrons. The summed E-state index contributed by atoms with van der Waals surface area (Å²) in [5.41, 5.74) is 6.49. The van der Waals surface area contributed by atoms with E-state index in [1.54, 1.807) is 0 Å². The molecule has 2 rings (SSSR count). The Labute approximate surface area is 113 Å². The highest BCUT2D eigenvalue weighted by Crippen LogP contribution is 2.35. The lowest BCUT2D eigenvalue weighted by Gasteiger charge is -2.35. The van der Waals surface area contributed by atoms with Gasteiger partial charge >= 0.3 is 0 Å². The summed E-state index contributed by atoms with van der Waals surface area (Å²) in [7, 11) is 0. The Kier molecular flexibility index (Phi) is 3.78. The summed E-state index contributed by atoms with van der Waals surface area (Å²) in [5, 5.41) is 3.01. The maximum Gasteiger partial charge on any atom is 0.253 e. The van der Waals surface area contributed by atoms with E-state index in [4.69, 9.17) is 5.73 Å². The molecule has 1 amide bonds. The van der Waals surface area contributed by atoms with E-state index in [2.05, 4.69) is 19.2 Å². The van der Waals surface area contributed by atoms with E-state index in [1.165, 1.54) is 24.6 Å². The van der Waals surface area contributed by atoms with Crippen molar-refractivity contribution in [3.05, 3.63) is 29.6 Å². The number of carbonyl (C=O) groups excluding carboxylic acids is 1. The molecule has 0 aliphatic heterocycles. The van der Waals surface area contributed by atoms with Crippen molar-refractivity contribution >= 4 is 11.6 Å². The third-order valence-electron chi connectivity index (χ3n) is 3.80. The van der Waals surface area contributed by atoms with Crippen molar-refractivity contribution in [2.45, 2.75) is 45.6 Å². The van der Waals surface area contributed by atoms with Crippen LogP contribution < -0.4 is 11.1 Å². The Hall–Kier alpha value is -1.58. The monoisotopic (exact) mass is 264 g/mol. The van der Waals surface area contributed by atoms with Gasteiger partial charge in [-0.05, 0) is 42.9 Å². The number of rotatable bonds is 2. The second kappa shape index (κ2) is 5.19. The minimum Gasteiger partial charge on any atom is -0.398 e. The minimum absolute atomic E-state index is 0.181. The van der Waals surface area contributed by atoms with E-state index in [-0.39, 0.29) is 23.1 Å². The number of benzene rings is 1. The molecule has 1 atom stereocenters. The van der Waals surface area contributed by atoms with E-state index in [0.717, 1.165) is 19.3 Å². The van der Waals surface area contributed by atoms with Crippen molar-refractivity contribution < 1.29 is 9.18 Å². The van der Waals surface area contributed by atoms with Crippen LogP contribution in [0.2, 0.25) is 0 Å². The quantitative estimate of drug-likeness (QED) is 0.806. The van der Waals surface area contributed by atoms with Crippen molar-refractivity contribution in [3.8, 4) is 0 Å². The largest absolute Gasteiger partial charge is 0.398 e. The summed E-state index contributed by atoms with van der Waals surface area (Å²) in [6.07, 6.45) is 4.28. The van der Waals surface area contributed by atoms with Gasteiger partial charge in [0.2, 0.25) is 0 Å². The van der Waals surface area contributed by atoms with Crippen LogP contribution in [0.1, 0.15) is 49.9 Å². The number of nitrogen functional groups attached to an aromatic ring is 1. The molecule has 1 fully saturated rings. The van der Waals surface area contributed by atoms with Gasteiger partial charge < -0.3 is 11.1 Å². The first-order valence-corrected chi connectivity index (χ1v) is 6.73. The van der Waals surface area contributed by atoms with Crippen molar-refractivity contribution in [2.75, 3.05) is 5.73 Å². The van der Waals surface area contributed by atoms with Crippen molar-refractivity contribution in [3.63, 3.8) is 0 Å². The van der Waals surface area contributed by atoms with Gasteiger partial charge in [-0.1, -0.05) is 20.3 Å². The van der Waals surface area contributed by atoms with Crippen LogP contribution in [0, 0.1) is 11.2 Å². The molecule has 3 N–H and O–H groups in total. The molecule has 1 saturated carbocycles. The highest BCUT2D eigenvalue weighted by molar-refractivity contribution is 5.99. The Balaban J connectivity index is 2.04. The standard InChI is InChI=1S/C15H21FN2O/c1-15(2)7-3-4-11(9-15)18-14(19)12-6-5-10(16)8-13(12)17/h5-6,8,11H,3-4,7,9,17H2,1-2H3,(H,18,19). The molecule has 0 bridgehead atoms. The predicted octanol–water partition coefficient (Wildman–Crippen LogP) is 3.11. The van der Waals surface area contributed by atoms with E-state index in [9.17, 15) is 9.18 Å². The van der Waals surface area contributed by atoms with Crippen LogP contribution in [-0.2, 0) is 0 Å². The van der Waals surface area contributed by atoms with Gasteiger partial charge in [-0.3, -0.25) is 4.79 Å². The Morgan fingerprint density at radius 3 is 2.84 bits per heavy atom. The summed E-state index contributed by atoms with van der Waals surface area (Å²) in [5.74, 6) is -0.631. The van der Waals surface area contributed by atoms with Gasteiger partial charge in [0.25, 0.3) is 5.91 Å². The minimum atomic E-state index is -0.423. The molecule has 0 saturated heterocycles. The van der Waals surface area contributed by atoms with Crippen LogP contribution in [0.3, 0.4) is 0 Å². The lowest BCUT2D eigenvalue weighted by Crippen LogP contribution is -2.40. The van der Waals surface area contributed by atoms with E-state index in [1.807, 2.05) is 0 Å². The summed E-state index contributed by atoms with van der Waals surface area (Å²) in [6.45, 7) is 4.44. The topological polar surface area (TPSA) is 55.1 Å². The van der Waals surface area contributed by atoms with E-state index >= 15 is 0 Å². The van der Waals surface area contributed by atoms with Crippen LogP contribution in [0.4, 0.5) is 10.1 Å². The van der Waals surface area contributed by atoms with Gasteiger partial charge in [0.15, 0.2) is 0 Å². The van der Waals surface area contributed by atoms with Gasteiger partial charge in [-0.25, -0.2) is 4.39 Å². The first-order valence-electron chi connectivity index (χ1n) is 6.73. The fraction of sp³-hybridized carbons (Fsp3) is 0.533. The molecule has 1 unspecified atom stereocenters. The first kappa shape index (κ1) is 13.8. The Bertz CT molecular complexity index is 485. The summed E-state index contributed by atoms with van der Waals surface area (Å²) < 4.78 is 13.0. The number of carbonyl (C=O) groups is 1. The zero-order valence-electron chi connectivity index (χ0n) is 11.5. The number of hydrogen-bond donors (Lipinski definition) is 2. The van der Waals surface area contributed by atoms with Gasteiger partial charge in [0, 0.05) is 11.7 Å². The molecule has 4 heteroatoms. The third kappa shape index (κ3) is 3.46. The van der Waals surface area contributed by atoms with Crippen LogP contribution >= 0.6 is 0 Å². The summed E-state index contributed by atoms with van der Waals surface area (Å²) >= 11 is 0. The molecule has 0 spiro atoms.